The number of sulfonamides is 1. The fourth-order valence-electron chi connectivity index (χ4n) is 3.43. The van der Waals surface area contributed by atoms with Crippen LogP contribution in [0.25, 0.3) is 0 Å². The highest BCUT2D eigenvalue weighted by atomic mass is 32.2. The lowest BCUT2D eigenvalue weighted by Gasteiger charge is -2.28. The number of rotatable bonds is 5. The van der Waals surface area contributed by atoms with Crippen molar-refractivity contribution in [3.63, 3.8) is 0 Å². The van der Waals surface area contributed by atoms with Crippen molar-refractivity contribution in [3.8, 4) is 0 Å². The van der Waals surface area contributed by atoms with E-state index in [1.807, 2.05) is 6.07 Å². The van der Waals surface area contributed by atoms with Crippen molar-refractivity contribution in [1.29, 1.82) is 0 Å². The molecule has 1 N–H and O–H groups in total. The van der Waals surface area contributed by atoms with E-state index in [1.54, 1.807) is 29.2 Å². The van der Waals surface area contributed by atoms with Crippen LogP contribution in [0.5, 0.6) is 0 Å². The summed E-state index contributed by atoms with van der Waals surface area (Å²) in [5, 5.41) is 0. The van der Waals surface area contributed by atoms with E-state index < -0.39 is 10.0 Å². The lowest BCUT2D eigenvalue weighted by atomic mass is 9.99. The van der Waals surface area contributed by atoms with Crippen LogP contribution in [0.4, 0.5) is 5.69 Å². The SMILES string of the molecule is CC(=O)c1ccc(S(=O)(=O)Nc2ccc3c(c2)CN(C(=O)c2ccco2)CC3)cc1. The molecule has 0 unspecified atom stereocenters. The average molecular weight is 424 g/mol. The Balaban J connectivity index is 1.53. The summed E-state index contributed by atoms with van der Waals surface area (Å²) in [6.45, 7) is 2.37. The Bertz CT molecular complexity index is 1200. The fourth-order valence-corrected chi connectivity index (χ4v) is 4.48. The first kappa shape index (κ1) is 19.9. The molecule has 1 aliphatic rings. The number of anilines is 1. The minimum absolute atomic E-state index is 0.0693. The van der Waals surface area contributed by atoms with E-state index in [4.69, 9.17) is 4.42 Å². The third kappa shape index (κ3) is 3.99. The molecule has 4 rings (SSSR count). The van der Waals surface area contributed by atoms with Crippen LogP contribution in [0.15, 0.2) is 70.2 Å². The normalized spacial score (nSPS) is 13.6. The molecule has 7 nitrogen and oxygen atoms in total. The van der Waals surface area contributed by atoms with Crippen molar-refractivity contribution in [1.82, 2.24) is 4.90 Å². The third-order valence-electron chi connectivity index (χ3n) is 5.06. The van der Waals surface area contributed by atoms with E-state index in [9.17, 15) is 18.0 Å². The van der Waals surface area contributed by atoms with Crippen molar-refractivity contribution in [3.05, 3.63) is 83.3 Å². The van der Waals surface area contributed by atoms with E-state index in [2.05, 4.69) is 4.72 Å². The van der Waals surface area contributed by atoms with Crippen LogP contribution < -0.4 is 4.72 Å². The van der Waals surface area contributed by atoms with Gasteiger partial charge in [-0.25, -0.2) is 8.42 Å². The smallest absolute Gasteiger partial charge is 0.289 e. The predicted molar refractivity (Wildman–Crippen MR) is 111 cm³/mol. The first-order chi connectivity index (χ1) is 14.3. The zero-order valence-electron chi connectivity index (χ0n) is 16.3. The van der Waals surface area contributed by atoms with Gasteiger partial charge in [0.2, 0.25) is 0 Å². The molecule has 1 amide bonds. The summed E-state index contributed by atoms with van der Waals surface area (Å²) in [5.41, 5.74) is 2.82. The lowest BCUT2D eigenvalue weighted by molar-refractivity contribution is 0.0702. The molecule has 8 heteroatoms. The number of benzene rings is 2. The molecule has 0 atom stereocenters. The molecule has 1 aliphatic heterocycles. The second kappa shape index (κ2) is 7.79. The number of hydrogen-bond acceptors (Lipinski definition) is 5. The number of furan rings is 1. The van der Waals surface area contributed by atoms with Crippen LogP contribution in [0.1, 0.15) is 39.0 Å². The molecular formula is C22H20N2O5S. The maximum absolute atomic E-state index is 12.7. The molecule has 0 aliphatic carbocycles. The summed E-state index contributed by atoms with van der Waals surface area (Å²) in [5.74, 6) is -0.0400. The number of fused-ring (bicyclic) bond motifs is 1. The number of amides is 1. The molecule has 0 fully saturated rings. The van der Waals surface area contributed by atoms with Gasteiger partial charge in [0.25, 0.3) is 15.9 Å². The second-order valence-corrected chi connectivity index (χ2v) is 8.81. The quantitative estimate of drug-likeness (QED) is 0.633. The Kier molecular flexibility index (Phi) is 5.17. The maximum Gasteiger partial charge on any atom is 0.289 e. The van der Waals surface area contributed by atoms with Crippen molar-refractivity contribution < 1.29 is 22.4 Å². The van der Waals surface area contributed by atoms with E-state index in [-0.39, 0.29) is 22.3 Å². The Morgan fingerprint density at radius 3 is 2.47 bits per heavy atom. The molecule has 3 aromatic rings. The van der Waals surface area contributed by atoms with Gasteiger partial charge in [-0.2, -0.15) is 0 Å². The van der Waals surface area contributed by atoms with Crippen molar-refractivity contribution in [2.24, 2.45) is 0 Å². The van der Waals surface area contributed by atoms with E-state index in [0.717, 1.165) is 11.1 Å². The van der Waals surface area contributed by atoms with Crippen molar-refractivity contribution in [2.45, 2.75) is 24.8 Å². The number of carbonyl (C=O) groups excluding carboxylic acids is 2. The fraction of sp³-hybridized carbons (Fsp3) is 0.182. The monoisotopic (exact) mass is 424 g/mol. The van der Waals surface area contributed by atoms with Crippen molar-refractivity contribution >= 4 is 27.4 Å². The molecule has 0 bridgehead atoms. The second-order valence-electron chi connectivity index (χ2n) is 7.12. The van der Waals surface area contributed by atoms with Gasteiger partial charge >= 0.3 is 0 Å². The zero-order chi connectivity index (χ0) is 21.3. The summed E-state index contributed by atoms with van der Waals surface area (Å²) in [6.07, 6.45) is 2.14. The Morgan fingerprint density at radius 1 is 1.03 bits per heavy atom. The Morgan fingerprint density at radius 2 is 1.80 bits per heavy atom. The minimum Gasteiger partial charge on any atom is -0.459 e. The largest absolute Gasteiger partial charge is 0.459 e. The first-order valence-electron chi connectivity index (χ1n) is 9.42. The highest BCUT2D eigenvalue weighted by Gasteiger charge is 2.24. The molecule has 0 saturated carbocycles. The van der Waals surface area contributed by atoms with E-state index in [1.165, 1.54) is 37.5 Å². The number of hydrogen-bond donors (Lipinski definition) is 1. The summed E-state index contributed by atoms with van der Waals surface area (Å²) < 4.78 is 33.2. The van der Waals surface area contributed by atoms with E-state index in [0.29, 0.717) is 30.8 Å². The maximum atomic E-state index is 12.7. The van der Waals surface area contributed by atoms with E-state index >= 15 is 0 Å². The Hall–Kier alpha value is -3.39. The van der Waals surface area contributed by atoms with Gasteiger partial charge in [0.1, 0.15) is 0 Å². The van der Waals surface area contributed by atoms with Gasteiger partial charge in [-0.05, 0) is 60.9 Å². The topological polar surface area (TPSA) is 96.7 Å². The molecule has 0 radical (unpaired) electrons. The molecule has 0 spiro atoms. The molecule has 2 heterocycles. The molecule has 0 saturated heterocycles. The van der Waals surface area contributed by atoms with Gasteiger partial charge in [-0.3, -0.25) is 14.3 Å². The molecular weight excluding hydrogens is 404 g/mol. The van der Waals surface area contributed by atoms with Gasteiger partial charge in [-0.1, -0.05) is 18.2 Å². The van der Waals surface area contributed by atoms with Gasteiger partial charge in [-0.15, -0.1) is 0 Å². The average Bonchev–Trinajstić information content (AvgIpc) is 3.27. The summed E-state index contributed by atoms with van der Waals surface area (Å²) >= 11 is 0. The lowest BCUT2D eigenvalue weighted by Crippen LogP contribution is -2.35. The number of ketones is 1. The molecule has 2 aromatic carbocycles. The minimum atomic E-state index is -3.80. The number of carbonyl (C=O) groups is 2. The number of nitrogens with one attached hydrogen (secondary N) is 1. The highest BCUT2D eigenvalue weighted by molar-refractivity contribution is 7.92. The van der Waals surface area contributed by atoms with Crippen LogP contribution in [-0.4, -0.2) is 31.6 Å². The van der Waals surface area contributed by atoms with Crippen LogP contribution in [0.3, 0.4) is 0 Å². The van der Waals surface area contributed by atoms with Gasteiger partial charge in [0, 0.05) is 24.3 Å². The first-order valence-corrected chi connectivity index (χ1v) is 10.9. The predicted octanol–water partition coefficient (Wildman–Crippen LogP) is 3.48. The van der Waals surface area contributed by atoms with Crippen LogP contribution >= 0.6 is 0 Å². The van der Waals surface area contributed by atoms with Gasteiger partial charge < -0.3 is 9.32 Å². The zero-order valence-corrected chi connectivity index (χ0v) is 17.1. The van der Waals surface area contributed by atoms with Crippen LogP contribution in [-0.2, 0) is 23.0 Å². The van der Waals surface area contributed by atoms with Gasteiger partial charge in [0.15, 0.2) is 11.5 Å². The van der Waals surface area contributed by atoms with Crippen molar-refractivity contribution in [2.75, 3.05) is 11.3 Å². The van der Waals surface area contributed by atoms with Crippen LogP contribution in [0, 0.1) is 0 Å². The number of nitrogens with zero attached hydrogens (tertiary/aromatic N) is 1. The molecule has 30 heavy (non-hydrogen) atoms. The summed E-state index contributed by atoms with van der Waals surface area (Å²) in [7, 11) is -3.80. The van der Waals surface area contributed by atoms with Gasteiger partial charge in [0.05, 0.1) is 11.2 Å². The summed E-state index contributed by atoms with van der Waals surface area (Å²) in [6, 6.07) is 14.4. The molecule has 154 valence electrons. The standard InChI is InChI=1S/C22H20N2O5S/c1-15(25)16-5-8-20(9-6-16)30(27,28)23-19-7-4-17-10-11-24(14-18(17)13-19)22(26)21-3-2-12-29-21/h2-9,12-13,23H,10-11,14H2,1H3. The number of Topliss-reactive ketones (excluding diaryl/α,β-unsaturated/α-hetero) is 1. The summed E-state index contributed by atoms with van der Waals surface area (Å²) in [4.78, 5) is 25.7. The van der Waals surface area contributed by atoms with Crippen LogP contribution in [0.2, 0.25) is 0 Å². The Labute approximate surface area is 174 Å². The third-order valence-corrected chi connectivity index (χ3v) is 6.46. The highest BCUT2D eigenvalue weighted by Crippen LogP contribution is 2.25. The molecule has 1 aromatic heterocycles.